The van der Waals surface area contributed by atoms with E-state index in [0.29, 0.717) is 11.5 Å². The molecule has 1 aliphatic heterocycles. The highest BCUT2D eigenvalue weighted by Crippen LogP contribution is 2.40. The van der Waals surface area contributed by atoms with Crippen molar-refractivity contribution in [3.63, 3.8) is 0 Å². The van der Waals surface area contributed by atoms with E-state index in [0.717, 1.165) is 16.5 Å². The molecule has 1 heterocycles. The lowest BCUT2D eigenvalue weighted by molar-refractivity contribution is -0.130. The van der Waals surface area contributed by atoms with Gasteiger partial charge in [0.1, 0.15) is 17.0 Å². The Kier molecular flexibility index (Phi) is 6.15. The summed E-state index contributed by atoms with van der Waals surface area (Å²) in [5.41, 5.74) is -2.13. The average molecular weight is 481 g/mol. The quantitative estimate of drug-likeness (QED) is 0.485. The van der Waals surface area contributed by atoms with Crippen molar-refractivity contribution in [1.29, 1.82) is 5.26 Å². The fourth-order valence-corrected chi connectivity index (χ4v) is 4.08. The standard InChI is InChI=1S/C26H22F3N3O3/c1-25(2)23(33)32(19-11-10-18(15-30)22(14-19)26(27,28)29)24(34)31(25)16-17-8-12-21(13-9-17)35-20-6-4-3-5-7-20/h3-9,12-14H,10-11,16H2,1-2H3. The Bertz CT molecular complexity index is 1260. The minimum absolute atomic E-state index is 0.0185. The zero-order valence-electron chi connectivity index (χ0n) is 19.1. The van der Waals surface area contributed by atoms with Crippen molar-refractivity contribution in [3.8, 4) is 17.6 Å². The molecule has 6 nitrogen and oxygen atoms in total. The number of hydrogen-bond donors (Lipinski definition) is 0. The number of rotatable bonds is 5. The number of hydrogen-bond acceptors (Lipinski definition) is 4. The number of imide groups is 1. The van der Waals surface area contributed by atoms with E-state index in [2.05, 4.69) is 0 Å². The SMILES string of the molecule is CC1(C)C(=O)N(C2=CC(C(F)(F)F)=C(C#N)CC2)C(=O)N1Cc1ccc(Oc2ccccc2)cc1. The maximum Gasteiger partial charge on any atom is 0.417 e. The monoisotopic (exact) mass is 481 g/mol. The van der Waals surface area contributed by atoms with Crippen LogP contribution in [0.1, 0.15) is 32.3 Å². The van der Waals surface area contributed by atoms with Gasteiger partial charge in [-0.1, -0.05) is 30.3 Å². The van der Waals surface area contributed by atoms with Crippen LogP contribution in [0.4, 0.5) is 18.0 Å². The first-order valence-corrected chi connectivity index (χ1v) is 10.9. The van der Waals surface area contributed by atoms with Crippen LogP contribution in [0.5, 0.6) is 11.5 Å². The maximum atomic E-state index is 13.5. The van der Waals surface area contributed by atoms with Crippen LogP contribution in [0.15, 0.2) is 77.5 Å². The van der Waals surface area contributed by atoms with Crippen LogP contribution in [0.3, 0.4) is 0 Å². The molecule has 35 heavy (non-hydrogen) atoms. The molecule has 0 aromatic heterocycles. The molecule has 1 aliphatic carbocycles. The fraction of sp³-hybridized carbons (Fsp3) is 0.269. The van der Waals surface area contributed by atoms with Gasteiger partial charge < -0.3 is 9.64 Å². The summed E-state index contributed by atoms with van der Waals surface area (Å²) in [5, 5.41) is 9.07. The summed E-state index contributed by atoms with van der Waals surface area (Å²) < 4.78 is 46.1. The fourth-order valence-electron chi connectivity index (χ4n) is 4.08. The molecule has 0 saturated carbocycles. The number of amides is 3. The molecule has 180 valence electrons. The van der Waals surface area contributed by atoms with Crippen molar-refractivity contribution >= 4 is 11.9 Å². The lowest BCUT2D eigenvalue weighted by Gasteiger charge is -2.27. The van der Waals surface area contributed by atoms with Crippen LogP contribution < -0.4 is 4.74 Å². The second kappa shape index (κ2) is 8.95. The minimum Gasteiger partial charge on any atom is -0.457 e. The normalized spacial score (nSPS) is 18.0. The summed E-state index contributed by atoms with van der Waals surface area (Å²) in [6.07, 6.45) is -4.23. The van der Waals surface area contributed by atoms with Crippen LogP contribution in [-0.4, -0.2) is 33.5 Å². The number of carbonyl (C=O) groups excluding carboxylic acids is 2. The van der Waals surface area contributed by atoms with Gasteiger partial charge in [0.2, 0.25) is 0 Å². The Balaban J connectivity index is 1.56. The molecule has 0 radical (unpaired) electrons. The number of nitrogens with zero attached hydrogens (tertiary/aromatic N) is 3. The second-order valence-electron chi connectivity index (χ2n) is 8.76. The van der Waals surface area contributed by atoms with E-state index in [4.69, 9.17) is 10.00 Å². The topological polar surface area (TPSA) is 73.6 Å². The zero-order valence-corrected chi connectivity index (χ0v) is 19.1. The van der Waals surface area contributed by atoms with Gasteiger partial charge in [-0.05, 0) is 62.6 Å². The molecule has 1 fully saturated rings. The molecule has 2 aliphatic rings. The minimum atomic E-state index is -4.76. The van der Waals surface area contributed by atoms with E-state index in [1.54, 1.807) is 44.2 Å². The molecule has 0 atom stereocenters. The van der Waals surface area contributed by atoms with Crippen molar-refractivity contribution in [3.05, 3.63) is 83.1 Å². The molecule has 1 saturated heterocycles. The summed E-state index contributed by atoms with van der Waals surface area (Å²) >= 11 is 0. The van der Waals surface area contributed by atoms with Gasteiger partial charge in [-0.3, -0.25) is 4.79 Å². The van der Waals surface area contributed by atoms with E-state index in [1.807, 2.05) is 30.3 Å². The van der Waals surface area contributed by atoms with E-state index >= 15 is 0 Å². The molecule has 2 aromatic carbocycles. The van der Waals surface area contributed by atoms with Gasteiger partial charge >= 0.3 is 12.2 Å². The van der Waals surface area contributed by atoms with E-state index in [1.165, 1.54) is 4.90 Å². The molecular formula is C26H22F3N3O3. The number of para-hydroxylation sites is 1. The predicted octanol–water partition coefficient (Wildman–Crippen LogP) is 6.08. The van der Waals surface area contributed by atoms with Crippen molar-refractivity contribution in [1.82, 2.24) is 9.80 Å². The van der Waals surface area contributed by atoms with Gasteiger partial charge in [0.05, 0.1) is 11.6 Å². The van der Waals surface area contributed by atoms with Crippen LogP contribution in [0, 0.1) is 11.3 Å². The summed E-state index contributed by atoms with van der Waals surface area (Å²) in [7, 11) is 0. The van der Waals surface area contributed by atoms with Gasteiger partial charge in [0.25, 0.3) is 5.91 Å². The van der Waals surface area contributed by atoms with Crippen LogP contribution in [0.25, 0.3) is 0 Å². The van der Waals surface area contributed by atoms with Crippen molar-refractivity contribution < 1.29 is 27.5 Å². The first kappa shape index (κ1) is 24.1. The summed E-state index contributed by atoms with van der Waals surface area (Å²) in [5.74, 6) is 0.654. The molecule has 2 aromatic rings. The van der Waals surface area contributed by atoms with Crippen molar-refractivity contribution in [2.45, 2.75) is 44.9 Å². The highest BCUT2D eigenvalue weighted by Gasteiger charge is 2.53. The first-order chi connectivity index (χ1) is 16.5. The number of urea groups is 1. The molecule has 0 N–H and O–H groups in total. The summed E-state index contributed by atoms with van der Waals surface area (Å²) in [6.45, 7) is 3.20. The van der Waals surface area contributed by atoms with Crippen LogP contribution in [0.2, 0.25) is 0 Å². The van der Waals surface area contributed by atoms with Crippen LogP contribution in [-0.2, 0) is 11.3 Å². The lowest BCUT2D eigenvalue weighted by atomic mass is 9.94. The van der Waals surface area contributed by atoms with Gasteiger partial charge in [-0.25, -0.2) is 9.69 Å². The average Bonchev–Trinajstić information content (AvgIpc) is 2.99. The van der Waals surface area contributed by atoms with Gasteiger partial charge in [0.15, 0.2) is 0 Å². The second-order valence-corrected chi connectivity index (χ2v) is 8.76. The third kappa shape index (κ3) is 4.64. The van der Waals surface area contributed by atoms with Crippen LogP contribution >= 0.6 is 0 Å². The van der Waals surface area contributed by atoms with Gasteiger partial charge in [-0.15, -0.1) is 0 Å². The Morgan fingerprint density at radius 2 is 1.63 bits per heavy atom. The first-order valence-electron chi connectivity index (χ1n) is 10.9. The summed E-state index contributed by atoms with van der Waals surface area (Å²) in [4.78, 5) is 28.5. The lowest BCUT2D eigenvalue weighted by Crippen LogP contribution is -2.43. The third-order valence-electron chi connectivity index (χ3n) is 6.06. The Morgan fingerprint density at radius 1 is 1.00 bits per heavy atom. The zero-order chi connectivity index (χ0) is 25.4. The van der Waals surface area contributed by atoms with Gasteiger partial charge in [-0.2, -0.15) is 18.4 Å². The summed E-state index contributed by atoms with van der Waals surface area (Å²) in [6, 6.07) is 17.1. The van der Waals surface area contributed by atoms with E-state index in [9.17, 15) is 22.8 Å². The number of ether oxygens (including phenoxy) is 1. The molecule has 0 unspecified atom stereocenters. The molecular weight excluding hydrogens is 459 g/mol. The molecule has 0 bridgehead atoms. The molecule has 9 heteroatoms. The number of carbonyl (C=O) groups is 2. The molecule has 4 rings (SSSR count). The highest BCUT2D eigenvalue weighted by molar-refractivity contribution is 6.08. The number of benzene rings is 2. The Hall–Kier alpha value is -4.06. The van der Waals surface area contributed by atoms with Gasteiger partial charge in [0, 0.05) is 17.8 Å². The number of halogens is 3. The Morgan fingerprint density at radius 3 is 2.23 bits per heavy atom. The largest absolute Gasteiger partial charge is 0.457 e. The Labute approximate surface area is 200 Å². The van der Waals surface area contributed by atoms with E-state index < -0.39 is 34.8 Å². The van der Waals surface area contributed by atoms with Crippen molar-refractivity contribution in [2.75, 3.05) is 0 Å². The number of allylic oxidation sites excluding steroid dienone is 4. The van der Waals surface area contributed by atoms with Crippen molar-refractivity contribution in [2.24, 2.45) is 0 Å². The smallest absolute Gasteiger partial charge is 0.417 e. The predicted molar refractivity (Wildman–Crippen MR) is 121 cm³/mol. The highest BCUT2D eigenvalue weighted by atomic mass is 19.4. The third-order valence-corrected chi connectivity index (χ3v) is 6.06. The maximum absolute atomic E-state index is 13.5. The number of alkyl halides is 3. The number of nitriles is 1. The molecule has 0 spiro atoms. The van der Waals surface area contributed by atoms with E-state index in [-0.39, 0.29) is 25.1 Å². The molecule has 3 amide bonds.